The van der Waals surface area contributed by atoms with E-state index in [1.54, 1.807) is 11.8 Å². The van der Waals surface area contributed by atoms with Crippen LogP contribution >= 0.6 is 11.6 Å². The number of ether oxygens (including phenoxy) is 1. The van der Waals surface area contributed by atoms with Crippen molar-refractivity contribution in [2.45, 2.75) is 26.2 Å². The highest BCUT2D eigenvalue weighted by atomic mass is 35.5. The maximum atomic E-state index is 12.8. The fourth-order valence-electron chi connectivity index (χ4n) is 3.94. The number of amides is 1. The van der Waals surface area contributed by atoms with E-state index < -0.39 is 11.4 Å². The van der Waals surface area contributed by atoms with Gasteiger partial charge in [-0.15, -0.1) is 0 Å². The van der Waals surface area contributed by atoms with Crippen LogP contribution < -0.4 is 4.74 Å². The van der Waals surface area contributed by atoms with Gasteiger partial charge in [-0.3, -0.25) is 9.59 Å². The summed E-state index contributed by atoms with van der Waals surface area (Å²) in [7, 11) is 0. The van der Waals surface area contributed by atoms with Crippen molar-refractivity contribution in [3.8, 4) is 11.5 Å². The number of phenols is 1. The number of carboxylic acids is 1. The van der Waals surface area contributed by atoms with E-state index in [2.05, 4.69) is 0 Å². The van der Waals surface area contributed by atoms with Crippen LogP contribution in [-0.2, 0) is 4.79 Å². The predicted octanol–water partition coefficient (Wildman–Crippen LogP) is 2.77. The van der Waals surface area contributed by atoms with E-state index in [4.69, 9.17) is 16.3 Å². The summed E-state index contributed by atoms with van der Waals surface area (Å²) >= 11 is 5.98. The minimum absolute atomic E-state index is 0.00195. The molecule has 1 aliphatic heterocycles. The summed E-state index contributed by atoms with van der Waals surface area (Å²) < 4.78 is 5.30. The van der Waals surface area contributed by atoms with Crippen molar-refractivity contribution in [3.63, 3.8) is 0 Å². The van der Waals surface area contributed by atoms with E-state index in [-0.39, 0.29) is 34.9 Å². The zero-order chi connectivity index (χ0) is 17.5. The zero-order valence-electron chi connectivity index (χ0n) is 13.4. The van der Waals surface area contributed by atoms with Crippen LogP contribution in [0, 0.1) is 11.3 Å². The first-order valence-corrected chi connectivity index (χ1v) is 8.45. The molecule has 1 aromatic rings. The van der Waals surface area contributed by atoms with Gasteiger partial charge in [0.2, 0.25) is 0 Å². The van der Waals surface area contributed by atoms with E-state index in [0.717, 1.165) is 12.8 Å². The number of hydrogen-bond acceptors (Lipinski definition) is 4. The SMILES string of the molecule is CCOc1cc(C(=O)N2C[C@@H]3CCC[C@@]3(C(=O)O)C2)cc(Cl)c1O. The number of aromatic hydroxyl groups is 1. The molecule has 2 aliphatic rings. The van der Waals surface area contributed by atoms with Crippen molar-refractivity contribution in [2.75, 3.05) is 19.7 Å². The van der Waals surface area contributed by atoms with Crippen molar-refractivity contribution in [2.24, 2.45) is 11.3 Å². The molecule has 0 unspecified atom stereocenters. The Morgan fingerprint density at radius 2 is 2.21 bits per heavy atom. The molecule has 2 fully saturated rings. The number of carboxylic acid groups (broad SMARTS) is 1. The van der Waals surface area contributed by atoms with Gasteiger partial charge in [-0.1, -0.05) is 18.0 Å². The second kappa shape index (κ2) is 6.16. The van der Waals surface area contributed by atoms with Crippen LogP contribution in [0.2, 0.25) is 5.02 Å². The molecule has 2 N–H and O–H groups in total. The molecule has 3 rings (SSSR count). The predicted molar refractivity (Wildman–Crippen MR) is 87.6 cm³/mol. The van der Waals surface area contributed by atoms with Gasteiger partial charge in [0.05, 0.1) is 17.0 Å². The lowest BCUT2D eigenvalue weighted by Crippen LogP contribution is -2.37. The molecular weight excluding hydrogens is 334 g/mol. The van der Waals surface area contributed by atoms with Gasteiger partial charge < -0.3 is 19.8 Å². The first kappa shape index (κ1) is 16.9. The van der Waals surface area contributed by atoms with Gasteiger partial charge in [0.1, 0.15) is 0 Å². The Morgan fingerprint density at radius 3 is 2.83 bits per heavy atom. The Morgan fingerprint density at radius 1 is 1.46 bits per heavy atom. The summed E-state index contributed by atoms with van der Waals surface area (Å²) in [6, 6.07) is 2.85. The third-order valence-corrected chi connectivity index (χ3v) is 5.45. The quantitative estimate of drug-likeness (QED) is 0.869. The average molecular weight is 354 g/mol. The number of rotatable bonds is 4. The van der Waals surface area contributed by atoms with Crippen LogP contribution in [0.15, 0.2) is 12.1 Å². The molecular formula is C17H20ClNO5. The molecule has 0 aromatic heterocycles. The van der Waals surface area contributed by atoms with E-state index in [9.17, 15) is 19.8 Å². The average Bonchev–Trinajstić information content (AvgIpc) is 3.09. The number of hydrogen-bond donors (Lipinski definition) is 2. The number of halogens is 1. The number of carbonyl (C=O) groups is 2. The molecule has 7 heteroatoms. The molecule has 6 nitrogen and oxygen atoms in total. The van der Waals surface area contributed by atoms with Crippen molar-refractivity contribution in [1.29, 1.82) is 0 Å². The van der Waals surface area contributed by atoms with Crippen LogP contribution in [-0.4, -0.2) is 46.7 Å². The van der Waals surface area contributed by atoms with Gasteiger partial charge in [-0.25, -0.2) is 0 Å². The van der Waals surface area contributed by atoms with Gasteiger partial charge >= 0.3 is 5.97 Å². The van der Waals surface area contributed by atoms with Crippen LogP contribution in [0.3, 0.4) is 0 Å². The minimum atomic E-state index is -0.820. The minimum Gasteiger partial charge on any atom is -0.503 e. The molecule has 1 saturated carbocycles. The third-order valence-electron chi connectivity index (χ3n) is 5.16. The Kier molecular flexibility index (Phi) is 4.34. The second-order valence-corrected chi connectivity index (χ2v) is 6.88. The molecule has 1 amide bonds. The lowest BCUT2D eigenvalue weighted by molar-refractivity contribution is -0.149. The maximum Gasteiger partial charge on any atom is 0.311 e. The van der Waals surface area contributed by atoms with Gasteiger partial charge in [0, 0.05) is 18.7 Å². The summed E-state index contributed by atoms with van der Waals surface area (Å²) in [5, 5.41) is 19.6. The number of nitrogens with zero attached hydrogens (tertiary/aromatic N) is 1. The molecule has 1 saturated heterocycles. The number of likely N-dealkylation sites (tertiary alicyclic amines) is 1. The Labute approximate surface area is 145 Å². The summed E-state index contributed by atoms with van der Waals surface area (Å²) in [5.41, 5.74) is -0.527. The third kappa shape index (κ3) is 2.59. The van der Waals surface area contributed by atoms with Crippen LogP contribution in [0.1, 0.15) is 36.5 Å². The normalized spacial score (nSPS) is 25.6. The molecule has 0 bridgehead atoms. The van der Waals surface area contributed by atoms with Gasteiger partial charge in [0.15, 0.2) is 11.5 Å². The zero-order valence-corrected chi connectivity index (χ0v) is 14.2. The van der Waals surface area contributed by atoms with E-state index in [0.29, 0.717) is 25.1 Å². The van der Waals surface area contributed by atoms with Crippen LogP contribution in [0.25, 0.3) is 0 Å². The van der Waals surface area contributed by atoms with Gasteiger partial charge in [0.25, 0.3) is 5.91 Å². The van der Waals surface area contributed by atoms with E-state index in [1.807, 2.05) is 0 Å². The Hall–Kier alpha value is -1.95. The van der Waals surface area contributed by atoms with Crippen LogP contribution in [0.4, 0.5) is 0 Å². The number of carbonyl (C=O) groups excluding carboxylic acids is 1. The molecule has 2 atom stereocenters. The maximum absolute atomic E-state index is 12.8. The summed E-state index contributed by atoms with van der Waals surface area (Å²) in [6.45, 7) is 2.75. The van der Waals surface area contributed by atoms with Crippen molar-refractivity contribution >= 4 is 23.5 Å². The summed E-state index contributed by atoms with van der Waals surface area (Å²) in [4.78, 5) is 26.1. The molecule has 1 heterocycles. The molecule has 1 aromatic carbocycles. The monoisotopic (exact) mass is 353 g/mol. The Bertz CT molecular complexity index is 692. The van der Waals surface area contributed by atoms with Crippen molar-refractivity contribution < 1.29 is 24.5 Å². The highest BCUT2D eigenvalue weighted by Crippen LogP contribution is 2.49. The van der Waals surface area contributed by atoms with Gasteiger partial charge in [-0.2, -0.15) is 0 Å². The number of aliphatic carboxylic acids is 1. The molecule has 0 spiro atoms. The largest absolute Gasteiger partial charge is 0.503 e. The van der Waals surface area contributed by atoms with Gasteiger partial charge in [-0.05, 0) is 37.8 Å². The molecule has 0 radical (unpaired) electrons. The standard InChI is InChI=1S/C17H20ClNO5/c1-2-24-13-7-10(6-12(18)14(13)20)15(21)19-8-11-4-3-5-17(11,9-19)16(22)23/h6-7,11,20H,2-5,8-9H2,1H3,(H,22,23)/t11-,17+/m0/s1. The number of fused-ring (bicyclic) bond motifs is 1. The smallest absolute Gasteiger partial charge is 0.311 e. The lowest BCUT2D eigenvalue weighted by atomic mass is 9.81. The number of benzene rings is 1. The number of phenolic OH excluding ortho intramolecular Hbond substituents is 1. The second-order valence-electron chi connectivity index (χ2n) is 6.47. The fourth-order valence-corrected chi connectivity index (χ4v) is 4.15. The van der Waals surface area contributed by atoms with Crippen molar-refractivity contribution in [1.82, 2.24) is 4.90 Å². The van der Waals surface area contributed by atoms with Crippen LogP contribution in [0.5, 0.6) is 11.5 Å². The molecule has 24 heavy (non-hydrogen) atoms. The summed E-state index contributed by atoms with van der Waals surface area (Å²) in [6.07, 6.45) is 2.33. The summed E-state index contributed by atoms with van der Waals surface area (Å²) in [5.74, 6) is -1.15. The topological polar surface area (TPSA) is 87.1 Å². The molecule has 1 aliphatic carbocycles. The first-order valence-electron chi connectivity index (χ1n) is 8.07. The van der Waals surface area contributed by atoms with Crippen molar-refractivity contribution in [3.05, 3.63) is 22.7 Å². The van der Waals surface area contributed by atoms with E-state index >= 15 is 0 Å². The van der Waals surface area contributed by atoms with E-state index in [1.165, 1.54) is 12.1 Å². The lowest BCUT2D eigenvalue weighted by Gasteiger charge is -2.23. The highest BCUT2D eigenvalue weighted by molar-refractivity contribution is 6.32. The fraction of sp³-hybridized carbons (Fsp3) is 0.529. The molecule has 130 valence electrons. The first-order chi connectivity index (χ1) is 11.4. The highest BCUT2D eigenvalue weighted by Gasteiger charge is 2.55. The Balaban J connectivity index is 1.87.